The maximum Gasteiger partial charge on any atom is 0.334 e. The van der Waals surface area contributed by atoms with Gasteiger partial charge in [-0.05, 0) is 58.8 Å². The molecule has 0 unspecified atom stereocenters. The van der Waals surface area contributed by atoms with Gasteiger partial charge in [-0.2, -0.15) is 0 Å². The summed E-state index contributed by atoms with van der Waals surface area (Å²) in [5.41, 5.74) is -7.33. The van der Waals surface area contributed by atoms with E-state index in [0.29, 0.717) is 31.3 Å². The van der Waals surface area contributed by atoms with Crippen LogP contribution < -0.4 is 0 Å². The first-order chi connectivity index (χ1) is 17.5. The molecule has 9 nitrogen and oxygen atoms in total. The Balaban J connectivity index is 1.39. The van der Waals surface area contributed by atoms with Crippen LogP contribution >= 0.6 is 0 Å². The molecule has 1 saturated heterocycles. The number of epoxide rings is 1. The number of aliphatic hydroxyl groups excluding tert-OH is 1. The maximum absolute atomic E-state index is 13.7. The lowest BCUT2D eigenvalue weighted by atomic mass is 9.42. The topological polar surface area (TPSA) is 146 Å². The van der Waals surface area contributed by atoms with Crippen molar-refractivity contribution in [3.8, 4) is 0 Å². The third-order valence-electron chi connectivity index (χ3n) is 12.7. The first kappa shape index (κ1) is 26.8. The minimum absolute atomic E-state index is 0.0764. The van der Waals surface area contributed by atoms with E-state index in [4.69, 9.17) is 14.2 Å². The van der Waals surface area contributed by atoms with Crippen LogP contribution in [0.2, 0.25) is 0 Å². The van der Waals surface area contributed by atoms with Gasteiger partial charge in [0.1, 0.15) is 28.7 Å². The van der Waals surface area contributed by atoms with Crippen molar-refractivity contribution in [3.63, 3.8) is 0 Å². The Bertz CT molecular complexity index is 1130. The molecule has 212 valence electrons. The molecule has 0 aromatic rings. The lowest BCUT2D eigenvalue weighted by Crippen LogP contribution is -2.75. The lowest BCUT2D eigenvalue weighted by molar-refractivity contribution is -0.296. The summed E-state index contributed by atoms with van der Waals surface area (Å²) in [5.74, 6) is -1.11. The van der Waals surface area contributed by atoms with Crippen LogP contribution in [0.5, 0.6) is 0 Å². The Morgan fingerprint density at radius 1 is 1.08 bits per heavy atom. The Morgan fingerprint density at radius 3 is 2.39 bits per heavy atom. The fraction of sp³-hybridized carbons (Fsp3) is 0.862. The molecule has 0 radical (unpaired) electrons. The predicted octanol–water partition coefficient (Wildman–Crippen LogP) is 1.57. The largest absolute Gasteiger partial charge is 0.455 e. The van der Waals surface area contributed by atoms with E-state index in [0.717, 1.165) is 5.57 Å². The number of methoxy groups -OCH3 is 1. The highest BCUT2D eigenvalue weighted by Crippen LogP contribution is 2.75. The summed E-state index contributed by atoms with van der Waals surface area (Å²) in [6, 6.07) is 0. The first-order valence-corrected chi connectivity index (χ1v) is 14.0. The van der Waals surface area contributed by atoms with Crippen LogP contribution in [-0.2, 0) is 23.8 Å². The van der Waals surface area contributed by atoms with Gasteiger partial charge in [-0.25, -0.2) is 4.79 Å². The van der Waals surface area contributed by atoms with Gasteiger partial charge in [-0.3, -0.25) is 4.79 Å². The fourth-order valence-corrected chi connectivity index (χ4v) is 9.97. The molecule has 6 aliphatic rings. The lowest BCUT2D eigenvalue weighted by Gasteiger charge is -2.63. The maximum atomic E-state index is 13.7. The number of fused-ring (bicyclic) bond motifs is 4. The molecule has 6 rings (SSSR count). The van der Waals surface area contributed by atoms with Gasteiger partial charge in [0, 0.05) is 43.8 Å². The van der Waals surface area contributed by atoms with E-state index in [2.05, 4.69) is 0 Å². The average molecular weight is 535 g/mol. The third-order valence-corrected chi connectivity index (χ3v) is 12.7. The monoisotopic (exact) mass is 534 g/mol. The SMILES string of the molecule is CO[C@H]1CC(=O)[C@]2(C)[C@H]3CC[C@]4(C)[C@](O)([C@@](C)(O)[C@H]5CC(C)=C(C)C(=O)O5)[C@@H](O)C[C@@]4(O)[C@@H]3C[C@H]3O[C@]32C1. The van der Waals surface area contributed by atoms with Gasteiger partial charge in [0.05, 0.1) is 29.3 Å². The number of rotatable bonds is 3. The molecule has 2 heterocycles. The summed E-state index contributed by atoms with van der Waals surface area (Å²) in [4.78, 5) is 26.2. The van der Waals surface area contributed by atoms with Gasteiger partial charge in [0.2, 0.25) is 0 Å². The second kappa shape index (κ2) is 7.68. The van der Waals surface area contributed by atoms with Gasteiger partial charge in [0.25, 0.3) is 0 Å². The van der Waals surface area contributed by atoms with Gasteiger partial charge in [-0.15, -0.1) is 0 Å². The summed E-state index contributed by atoms with van der Waals surface area (Å²) >= 11 is 0. The van der Waals surface area contributed by atoms with E-state index in [-0.39, 0.29) is 43.2 Å². The quantitative estimate of drug-likeness (QED) is 0.313. The number of aliphatic hydroxyl groups is 4. The number of esters is 1. The van der Waals surface area contributed by atoms with Crippen LogP contribution in [0.25, 0.3) is 0 Å². The van der Waals surface area contributed by atoms with Crippen molar-refractivity contribution in [3.05, 3.63) is 11.1 Å². The molecule has 1 spiro atoms. The van der Waals surface area contributed by atoms with Gasteiger partial charge in [0.15, 0.2) is 0 Å². The van der Waals surface area contributed by atoms with Crippen LogP contribution in [0.1, 0.15) is 79.6 Å². The van der Waals surface area contributed by atoms with Gasteiger partial charge >= 0.3 is 5.97 Å². The van der Waals surface area contributed by atoms with Crippen LogP contribution in [0.3, 0.4) is 0 Å². The number of Topliss-reactive ketones (excluding diaryl/α,β-unsaturated/α-hetero) is 1. The number of hydrogen-bond donors (Lipinski definition) is 4. The van der Waals surface area contributed by atoms with E-state index in [9.17, 15) is 30.0 Å². The summed E-state index contributed by atoms with van der Waals surface area (Å²) in [5, 5.41) is 48.4. The number of carbonyl (C=O) groups excluding carboxylic acids is 2. The van der Waals surface area contributed by atoms with E-state index in [1.807, 2.05) is 6.92 Å². The Kier molecular flexibility index (Phi) is 5.42. The van der Waals surface area contributed by atoms with Crippen molar-refractivity contribution >= 4 is 11.8 Å². The average Bonchev–Trinajstić information content (AvgIpc) is 3.53. The predicted molar refractivity (Wildman–Crippen MR) is 134 cm³/mol. The van der Waals surface area contributed by atoms with Crippen LogP contribution in [0.4, 0.5) is 0 Å². The highest BCUT2D eigenvalue weighted by atomic mass is 16.6. The molecule has 4 aliphatic carbocycles. The molecule has 12 atom stereocenters. The van der Waals surface area contributed by atoms with Crippen molar-refractivity contribution in [2.75, 3.05) is 7.11 Å². The Labute approximate surface area is 223 Å². The highest BCUT2D eigenvalue weighted by Gasteiger charge is 2.85. The number of hydrogen-bond acceptors (Lipinski definition) is 9. The molecule has 0 bridgehead atoms. The second-order valence-electron chi connectivity index (χ2n) is 13.8. The molecule has 5 fully saturated rings. The van der Waals surface area contributed by atoms with Crippen LogP contribution in [0, 0.1) is 22.7 Å². The van der Waals surface area contributed by atoms with E-state index < -0.39 is 57.3 Å². The zero-order chi connectivity index (χ0) is 27.8. The van der Waals surface area contributed by atoms with Crippen molar-refractivity contribution in [2.24, 2.45) is 22.7 Å². The smallest absolute Gasteiger partial charge is 0.334 e. The Morgan fingerprint density at radius 2 is 1.76 bits per heavy atom. The highest BCUT2D eigenvalue weighted by molar-refractivity contribution is 5.90. The van der Waals surface area contributed by atoms with E-state index in [1.54, 1.807) is 27.9 Å². The molecule has 4 saturated carbocycles. The molecule has 38 heavy (non-hydrogen) atoms. The van der Waals surface area contributed by atoms with Crippen molar-refractivity contribution in [2.45, 2.75) is 126 Å². The summed E-state index contributed by atoms with van der Waals surface area (Å²) in [7, 11) is 1.61. The van der Waals surface area contributed by atoms with Crippen molar-refractivity contribution in [1.29, 1.82) is 0 Å². The fourth-order valence-electron chi connectivity index (χ4n) is 9.97. The number of ether oxygens (including phenoxy) is 3. The summed E-state index contributed by atoms with van der Waals surface area (Å²) in [6.07, 6.45) is -0.690. The third kappa shape index (κ3) is 2.74. The minimum Gasteiger partial charge on any atom is -0.455 e. The second-order valence-corrected chi connectivity index (χ2v) is 13.8. The Hall–Kier alpha value is -1.36. The molecule has 4 N–H and O–H groups in total. The number of carbonyl (C=O) groups is 2. The molecule has 2 aliphatic heterocycles. The zero-order valence-corrected chi connectivity index (χ0v) is 23.2. The minimum atomic E-state index is -2.17. The number of cyclic esters (lactones) is 1. The standard InChI is InChI=1S/C29H42O9/c1-14-9-21(37-23(32)15(14)2)26(5,33)29(35)20(31)13-27(34)18-11-22-28(38-22)12-16(36-6)10-19(30)25(28,4)17(18)7-8-24(27,29)3/h16-18,20-22,31,33-35H,7-13H2,1-6H3/t16-,17-,18+,20-,21+,22+,24-,25-,26-,27+,28+,29-/m0/s1. The van der Waals surface area contributed by atoms with Crippen molar-refractivity contribution in [1.82, 2.24) is 0 Å². The molecular weight excluding hydrogens is 492 g/mol. The summed E-state index contributed by atoms with van der Waals surface area (Å²) < 4.78 is 17.5. The summed E-state index contributed by atoms with van der Waals surface area (Å²) in [6.45, 7) is 8.55. The van der Waals surface area contributed by atoms with Gasteiger partial charge in [-0.1, -0.05) is 12.5 Å². The van der Waals surface area contributed by atoms with Crippen LogP contribution in [-0.4, -0.2) is 86.1 Å². The molecule has 0 aromatic carbocycles. The molecule has 0 aromatic heterocycles. The van der Waals surface area contributed by atoms with Crippen molar-refractivity contribution < 1.29 is 44.2 Å². The molecule has 0 amide bonds. The van der Waals surface area contributed by atoms with Crippen LogP contribution in [0.15, 0.2) is 11.1 Å². The zero-order valence-electron chi connectivity index (χ0n) is 23.2. The van der Waals surface area contributed by atoms with E-state index >= 15 is 0 Å². The molecule has 9 heteroatoms. The number of ketones is 1. The normalized spacial score (nSPS) is 55.3. The molecular formula is C29H42O9. The first-order valence-electron chi connectivity index (χ1n) is 14.0. The van der Waals surface area contributed by atoms with Gasteiger partial charge < -0.3 is 34.6 Å². The van der Waals surface area contributed by atoms with E-state index in [1.165, 1.54) is 6.92 Å².